The third kappa shape index (κ3) is 3.15. The summed E-state index contributed by atoms with van der Waals surface area (Å²) in [4.78, 5) is 14.4. The maximum absolute atomic E-state index is 12.4. The molecule has 0 radical (unpaired) electrons. The summed E-state index contributed by atoms with van der Waals surface area (Å²) in [6, 6.07) is 1.85. The maximum atomic E-state index is 12.4. The number of ether oxygens (including phenoxy) is 1. The van der Waals surface area contributed by atoms with Gasteiger partial charge in [-0.2, -0.15) is 0 Å². The van der Waals surface area contributed by atoms with Gasteiger partial charge < -0.3 is 19.4 Å². The summed E-state index contributed by atoms with van der Waals surface area (Å²) in [7, 11) is 1.71. The van der Waals surface area contributed by atoms with Crippen molar-refractivity contribution in [3.63, 3.8) is 0 Å². The number of carbonyl (C=O) groups is 1. The Bertz CT molecular complexity index is 411. The highest BCUT2D eigenvalue weighted by molar-refractivity contribution is 5.75. The van der Waals surface area contributed by atoms with E-state index in [1.54, 1.807) is 19.6 Å². The Morgan fingerprint density at radius 3 is 3.10 bits per heavy atom. The molecule has 1 aromatic heterocycles. The lowest BCUT2D eigenvalue weighted by Crippen LogP contribution is -2.53. The summed E-state index contributed by atoms with van der Waals surface area (Å²) in [5, 5.41) is 2.97. The van der Waals surface area contributed by atoms with Crippen molar-refractivity contribution in [1.29, 1.82) is 0 Å². The summed E-state index contributed by atoms with van der Waals surface area (Å²) < 4.78 is 10.4. The molecular weight excluding hydrogens is 256 g/mol. The first kappa shape index (κ1) is 14.9. The molecule has 1 fully saturated rings. The zero-order valence-corrected chi connectivity index (χ0v) is 12.4. The fourth-order valence-electron chi connectivity index (χ4n) is 3.14. The van der Waals surface area contributed by atoms with Crippen LogP contribution in [0.25, 0.3) is 0 Å². The van der Waals surface area contributed by atoms with E-state index in [4.69, 9.17) is 9.15 Å². The second kappa shape index (κ2) is 6.79. The van der Waals surface area contributed by atoms with Gasteiger partial charge in [-0.1, -0.05) is 13.3 Å². The van der Waals surface area contributed by atoms with E-state index in [2.05, 4.69) is 12.2 Å². The first-order valence-electron chi connectivity index (χ1n) is 7.27. The summed E-state index contributed by atoms with van der Waals surface area (Å²) in [5.41, 5.74) is 0.842. The molecule has 0 aromatic carbocycles. The molecule has 112 valence electrons. The highest BCUT2D eigenvalue weighted by atomic mass is 16.5. The normalized spacial score (nSPS) is 22.2. The molecule has 0 aliphatic carbocycles. The van der Waals surface area contributed by atoms with Crippen molar-refractivity contribution >= 4 is 6.03 Å². The van der Waals surface area contributed by atoms with Gasteiger partial charge in [0.25, 0.3) is 0 Å². The molecule has 5 nitrogen and oxygen atoms in total. The van der Waals surface area contributed by atoms with Crippen molar-refractivity contribution in [3.05, 3.63) is 24.2 Å². The summed E-state index contributed by atoms with van der Waals surface area (Å²) >= 11 is 0. The lowest BCUT2D eigenvalue weighted by atomic mass is 9.91. The van der Waals surface area contributed by atoms with Gasteiger partial charge in [0, 0.05) is 25.8 Å². The van der Waals surface area contributed by atoms with Gasteiger partial charge in [0.1, 0.15) is 0 Å². The number of urea groups is 1. The van der Waals surface area contributed by atoms with Crippen LogP contribution in [0.2, 0.25) is 0 Å². The largest absolute Gasteiger partial charge is 0.472 e. The number of nitrogens with zero attached hydrogens (tertiary/aromatic N) is 1. The van der Waals surface area contributed by atoms with E-state index in [1.165, 1.54) is 0 Å². The molecule has 1 unspecified atom stereocenters. The van der Waals surface area contributed by atoms with E-state index in [9.17, 15) is 4.79 Å². The topological polar surface area (TPSA) is 54.7 Å². The minimum absolute atomic E-state index is 0.00537. The third-order valence-corrected chi connectivity index (χ3v) is 3.99. The van der Waals surface area contributed by atoms with E-state index < -0.39 is 0 Å². The Labute approximate surface area is 120 Å². The second-order valence-electron chi connectivity index (χ2n) is 5.45. The number of carbonyl (C=O) groups excluding carboxylic acids is 1. The maximum Gasteiger partial charge on any atom is 0.318 e. The monoisotopic (exact) mass is 280 g/mol. The molecule has 1 aliphatic heterocycles. The average molecular weight is 280 g/mol. The van der Waals surface area contributed by atoms with Crippen LogP contribution in [-0.2, 0) is 11.3 Å². The number of nitrogens with one attached hydrogen (secondary N) is 1. The number of hydrogen-bond acceptors (Lipinski definition) is 3. The van der Waals surface area contributed by atoms with Crippen LogP contribution in [0.5, 0.6) is 0 Å². The van der Waals surface area contributed by atoms with E-state index in [0.717, 1.165) is 37.8 Å². The van der Waals surface area contributed by atoms with Crippen molar-refractivity contribution in [2.45, 2.75) is 44.7 Å². The fourth-order valence-corrected chi connectivity index (χ4v) is 3.14. The van der Waals surface area contributed by atoms with E-state index in [-0.39, 0.29) is 11.6 Å². The highest BCUT2D eigenvalue weighted by Crippen LogP contribution is 2.34. The minimum Gasteiger partial charge on any atom is -0.472 e. The summed E-state index contributed by atoms with van der Waals surface area (Å²) in [5.74, 6) is 0. The molecule has 1 aromatic rings. The molecule has 0 spiro atoms. The molecule has 2 heterocycles. The van der Waals surface area contributed by atoms with Gasteiger partial charge >= 0.3 is 6.03 Å². The summed E-state index contributed by atoms with van der Waals surface area (Å²) in [6.07, 6.45) is 7.37. The van der Waals surface area contributed by atoms with Crippen LogP contribution in [-0.4, -0.2) is 36.7 Å². The van der Waals surface area contributed by atoms with E-state index in [0.29, 0.717) is 13.2 Å². The van der Waals surface area contributed by atoms with Crippen molar-refractivity contribution in [2.75, 3.05) is 20.3 Å². The van der Waals surface area contributed by atoms with Crippen LogP contribution >= 0.6 is 0 Å². The quantitative estimate of drug-likeness (QED) is 0.871. The molecule has 20 heavy (non-hydrogen) atoms. The van der Waals surface area contributed by atoms with Crippen LogP contribution in [0.4, 0.5) is 4.79 Å². The minimum atomic E-state index is -0.135. The van der Waals surface area contributed by atoms with Gasteiger partial charge in [0.05, 0.1) is 24.7 Å². The first-order chi connectivity index (χ1) is 9.72. The number of hydrogen-bond donors (Lipinski definition) is 1. The Kier molecular flexibility index (Phi) is 5.06. The van der Waals surface area contributed by atoms with Crippen molar-refractivity contribution in [1.82, 2.24) is 10.2 Å². The van der Waals surface area contributed by atoms with E-state index in [1.807, 2.05) is 11.0 Å². The number of methoxy groups -OCH3 is 1. The van der Waals surface area contributed by atoms with Crippen molar-refractivity contribution in [2.24, 2.45) is 0 Å². The van der Waals surface area contributed by atoms with Gasteiger partial charge in [0.15, 0.2) is 0 Å². The first-order valence-corrected chi connectivity index (χ1v) is 7.27. The lowest BCUT2D eigenvalue weighted by molar-refractivity contribution is 0.0501. The van der Waals surface area contributed by atoms with Gasteiger partial charge in [-0.3, -0.25) is 0 Å². The Morgan fingerprint density at radius 1 is 1.60 bits per heavy atom. The molecule has 5 heteroatoms. The molecule has 2 rings (SSSR count). The number of amides is 2. The molecule has 1 atom stereocenters. The standard InChI is InChI=1S/C15H24N2O3/c1-3-6-15(12-19-2)7-4-8-17(15)14(18)16-10-13-5-9-20-11-13/h5,9,11H,3-4,6-8,10,12H2,1-2H3,(H,16,18). The van der Waals surface area contributed by atoms with Gasteiger partial charge in [0.2, 0.25) is 0 Å². The zero-order valence-electron chi connectivity index (χ0n) is 12.4. The van der Waals surface area contributed by atoms with Crippen LogP contribution in [0.1, 0.15) is 38.2 Å². The van der Waals surface area contributed by atoms with Crippen LogP contribution in [0.15, 0.2) is 23.0 Å². The predicted octanol–water partition coefficient (Wildman–Crippen LogP) is 2.77. The highest BCUT2D eigenvalue weighted by Gasteiger charge is 2.42. The van der Waals surface area contributed by atoms with E-state index >= 15 is 0 Å². The second-order valence-corrected chi connectivity index (χ2v) is 5.45. The molecule has 2 amide bonds. The smallest absolute Gasteiger partial charge is 0.318 e. The summed E-state index contributed by atoms with van der Waals surface area (Å²) in [6.45, 7) is 4.07. The molecule has 1 N–H and O–H groups in total. The van der Waals surface area contributed by atoms with Gasteiger partial charge in [-0.25, -0.2) is 4.79 Å². The van der Waals surface area contributed by atoms with Crippen molar-refractivity contribution < 1.29 is 13.9 Å². The Morgan fingerprint density at radius 2 is 2.45 bits per heavy atom. The molecular formula is C15H24N2O3. The van der Waals surface area contributed by atoms with Gasteiger partial charge in [-0.15, -0.1) is 0 Å². The third-order valence-electron chi connectivity index (χ3n) is 3.99. The zero-order chi connectivity index (χ0) is 14.4. The number of rotatable bonds is 6. The molecule has 1 aliphatic rings. The number of likely N-dealkylation sites (tertiary alicyclic amines) is 1. The van der Waals surface area contributed by atoms with Gasteiger partial charge in [-0.05, 0) is 25.3 Å². The Balaban J connectivity index is 1.99. The molecule has 1 saturated heterocycles. The van der Waals surface area contributed by atoms with Crippen LogP contribution in [0, 0.1) is 0 Å². The van der Waals surface area contributed by atoms with Crippen LogP contribution in [0.3, 0.4) is 0 Å². The van der Waals surface area contributed by atoms with Crippen LogP contribution < -0.4 is 5.32 Å². The fraction of sp³-hybridized carbons (Fsp3) is 0.667. The molecule has 0 bridgehead atoms. The number of furan rings is 1. The average Bonchev–Trinajstić information content (AvgIpc) is 3.07. The predicted molar refractivity (Wildman–Crippen MR) is 76.4 cm³/mol. The Hall–Kier alpha value is -1.49. The molecule has 0 saturated carbocycles. The SMILES string of the molecule is CCCC1(COC)CCCN1C(=O)NCc1ccoc1. The lowest BCUT2D eigenvalue weighted by Gasteiger charge is -2.38. The van der Waals surface area contributed by atoms with Crippen molar-refractivity contribution in [3.8, 4) is 0 Å².